The second-order valence-electron chi connectivity index (χ2n) is 5.82. The highest BCUT2D eigenvalue weighted by atomic mass is 32.1. The van der Waals surface area contributed by atoms with Crippen LogP contribution in [0.5, 0.6) is 0 Å². The highest BCUT2D eigenvalue weighted by molar-refractivity contribution is 7.22. The van der Waals surface area contributed by atoms with Gasteiger partial charge in [-0.15, -0.1) is 0 Å². The SMILES string of the molecule is O=C(NCCNc1nc2ccccc2s1)NC1CCC(O)CC1. The fourth-order valence-electron chi connectivity index (χ4n) is 2.75. The number of urea groups is 1. The highest BCUT2D eigenvalue weighted by Crippen LogP contribution is 2.24. The van der Waals surface area contributed by atoms with Gasteiger partial charge in [-0.3, -0.25) is 0 Å². The van der Waals surface area contributed by atoms with Crippen LogP contribution in [0.4, 0.5) is 9.93 Å². The topological polar surface area (TPSA) is 86.3 Å². The Hall–Kier alpha value is -1.86. The van der Waals surface area contributed by atoms with Crippen molar-refractivity contribution >= 4 is 32.7 Å². The molecule has 7 heteroatoms. The molecular formula is C16H22N4O2S. The van der Waals surface area contributed by atoms with Crippen LogP contribution < -0.4 is 16.0 Å². The molecule has 1 aliphatic rings. The summed E-state index contributed by atoms with van der Waals surface area (Å²) >= 11 is 1.61. The summed E-state index contributed by atoms with van der Waals surface area (Å²) in [6, 6.07) is 8.05. The summed E-state index contributed by atoms with van der Waals surface area (Å²) in [5.74, 6) is 0. The van der Waals surface area contributed by atoms with Crippen LogP contribution in [0.25, 0.3) is 10.2 Å². The van der Waals surface area contributed by atoms with Crippen molar-refractivity contribution in [3.05, 3.63) is 24.3 Å². The van der Waals surface area contributed by atoms with E-state index in [1.54, 1.807) is 11.3 Å². The fourth-order valence-corrected chi connectivity index (χ4v) is 3.64. The van der Waals surface area contributed by atoms with Gasteiger partial charge < -0.3 is 21.1 Å². The van der Waals surface area contributed by atoms with E-state index >= 15 is 0 Å². The third-order valence-corrected chi connectivity index (χ3v) is 5.01. The lowest BCUT2D eigenvalue weighted by molar-refractivity contribution is 0.117. The normalized spacial score (nSPS) is 21.1. The smallest absolute Gasteiger partial charge is 0.315 e. The van der Waals surface area contributed by atoms with Crippen LogP contribution in [0.1, 0.15) is 25.7 Å². The highest BCUT2D eigenvalue weighted by Gasteiger charge is 2.20. The molecule has 0 saturated heterocycles. The van der Waals surface area contributed by atoms with Crippen molar-refractivity contribution in [3.63, 3.8) is 0 Å². The van der Waals surface area contributed by atoms with Crippen molar-refractivity contribution in [3.8, 4) is 0 Å². The average Bonchev–Trinajstić information content (AvgIpc) is 2.96. The average molecular weight is 334 g/mol. The summed E-state index contributed by atoms with van der Waals surface area (Å²) in [6.07, 6.45) is 3.03. The van der Waals surface area contributed by atoms with Gasteiger partial charge in [-0.2, -0.15) is 0 Å². The van der Waals surface area contributed by atoms with Crippen LogP contribution in [-0.4, -0.2) is 41.4 Å². The molecule has 0 bridgehead atoms. The number of aromatic nitrogens is 1. The molecule has 0 unspecified atom stereocenters. The second-order valence-corrected chi connectivity index (χ2v) is 6.85. The molecule has 6 nitrogen and oxygen atoms in total. The Labute approximate surface area is 139 Å². The van der Waals surface area contributed by atoms with Gasteiger partial charge in [0.05, 0.1) is 16.3 Å². The number of amides is 2. The molecule has 4 N–H and O–H groups in total. The number of thiazole rings is 1. The van der Waals surface area contributed by atoms with Gasteiger partial charge >= 0.3 is 6.03 Å². The first-order chi connectivity index (χ1) is 11.2. The molecule has 0 radical (unpaired) electrons. The van der Waals surface area contributed by atoms with Gasteiger partial charge in [0.2, 0.25) is 0 Å². The van der Waals surface area contributed by atoms with Gasteiger partial charge in [-0.25, -0.2) is 9.78 Å². The standard InChI is InChI=1S/C16H22N4O2S/c21-12-7-5-11(6-8-12)19-15(22)17-9-10-18-16-20-13-3-1-2-4-14(13)23-16/h1-4,11-12,21H,5-10H2,(H,18,20)(H2,17,19,22). The number of carbonyl (C=O) groups is 1. The molecule has 23 heavy (non-hydrogen) atoms. The van der Waals surface area contributed by atoms with Crippen LogP contribution in [0.2, 0.25) is 0 Å². The van der Waals surface area contributed by atoms with E-state index in [0.717, 1.165) is 41.0 Å². The molecule has 2 aromatic rings. The number of nitrogens with zero attached hydrogens (tertiary/aromatic N) is 1. The summed E-state index contributed by atoms with van der Waals surface area (Å²) < 4.78 is 1.15. The largest absolute Gasteiger partial charge is 0.393 e. The van der Waals surface area contributed by atoms with Gasteiger partial charge in [-0.05, 0) is 37.8 Å². The minimum Gasteiger partial charge on any atom is -0.393 e. The molecule has 124 valence electrons. The zero-order chi connectivity index (χ0) is 16.1. The molecule has 0 atom stereocenters. The van der Waals surface area contributed by atoms with E-state index in [9.17, 15) is 9.90 Å². The Balaban J connectivity index is 1.35. The molecule has 1 aromatic carbocycles. The quantitative estimate of drug-likeness (QED) is 0.632. The molecule has 1 aliphatic carbocycles. The summed E-state index contributed by atoms with van der Waals surface area (Å²) in [7, 11) is 0. The van der Waals surface area contributed by atoms with Gasteiger partial charge in [0, 0.05) is 19.1 Å². The van der Waals surface area contributed by atoms with Crippen LogP contribution in [0.15, 0.2) is 24.3 Å². The van der Waals surface area contributed by atoms with Crippen molar-refractivity contribution in [2.75, 3.05) is 18.4 Å². The lowest BCUT2D eigenvalue weighted by Crippen LogP contribution is -2.45. The Morgan fingerprint density at radius 3 is 2.78 bits per heavy atom. The number of rotatable bonds is 5. The first-order valence-corrected chi connectivity index (χ1v) is 8.84. The molecule has 1 heterocycles. The van der Waals surface area contributed by atoms with Crippen molar-refractivity contribution < 1.29 is 9.90 Å². The zero-order valence-corrected chi connectivity index (χ0v) is 13.7. The Kier molecular flexibility index (Phi) is 5.30. The minimum atomic E-state index is -0.200. The number of anilines is 1. The summed E-state index contributed by atoms with van der Waals surface area (Å²) in [4.78, 5) is 16.3. The van der Waals surface area contributed by atoms with Gasteiger partial charge in [-0.1, -0.05) is 23.5 Å². The summed E-state index contributed by atoms with van der Waals surface area (Å²) in [6.45, 7) is 1.17. The number of carbonyl (C=O) groups excluding carboxylic acids is 1. The van der Waals surface area contributed by atoms with E-state index in [2.05, 4.69) is 20.9 Å². The van der Waals surface area contributed by atoms with E-state index in [1.165, 1.54) is 0 Å². The molecular weight excluding hydrogens is 312 g/mol. The van der Waals surface area contributed by atoms with Crippen molar-refractivity contribution in [2.24, 2.45) is 0 Å². The number of benzene rings is 1. The molecule has 1 saturated carbocycles. The number of nitrogens with one attached hydrogen (secondary N) is 3. The van der Waals surface area contributed by atoms with Crippen molar-refractivity contribution in [1.82, 2.24) is 15.6 Å². The maximum atomic E-state index is 11.8. The second kappa shape index (κ2) is 7.61. The molecule has 0 spiro atoms. The molecule has 1 aromatic heterocycles. The molecule has 2 amide bonds. The number of aliphatic hydroxyl groups excluding tert-OH is 1. The Bertz CT molecular complexity index is 619. The predicted molar refractivity (Wildman–Crippen MR) is 92.9 cm³/mol. The van der Waals surface area contributed by atoms with Gasteiger partial charge in [0.15, 0.2) is 5.13 Å². The minimum absolute atomic E-state index is 0.141. The van der Waals surface area contributed by atoms with E-state index in [0.29, 0.717) is 13.1 Å². The van der Waals surface area contributed by atoms with Gasteiger partial charge in [0.25, 0.3) is 0 Å². The first-order valence-electron chi connectivity index (χ1n) is 8.02. The monoisotopic (exact) mass is 334 g/mol. The lowest BCUT2D eigenvalue weighted by atomic mass is 9.93. The molecule has 1 fully saturated rings. The lowest BCUT2D eigenvalue weighted by Gasteiger charge is -2.26. The first kappa shape index (κ1) is 16.0. The summed E-state index contributed by atoms with van der Waals surface area (Å²) in [5, 5.41) is 19.4. The van der Waals surface area contributed by atoms with Crippen LogP contribution in [-0.2, 0) is 0 Å². The number of fused-ring (bicyclic) bond motifs is 1. The third kappa shape index (κ3) is 4.56. The maximum Gasteiger partial charge on any atom is 0.315 e. The zero-order valence-electron chi connectivity index (χ0n) is 12.9. The number of aliphatic hydroxyl groups is 1. The predicted octanol–water partition coefficient (Wildman–Crippen LogP) is 2.31. The van der Waals surface area contributed by atoms with Crippen LogP contribution in [0.3, 0.4) is 0 Å². The van der Waals surface area contributed by atoms with E-state index < -0.39 is 0 Å². The van der Waals surface area contributed by atoms with E-state index in [1.807, 2.05) is 24.3 Å². The number of hydrogen-bond acceptors (Lipinski definition) is 5. The van der Waals surface area contributed by atoms with Gasteiger partial charge in [0.1, 0.15) is 0 Å². The molecule has 3 rings (SSSR count). The fraction of sp³-hybridized carbons (Fsp3) is 0.500. The Morgan fingerprint density at radius 2 is 2.00 bits per heavy atom. The van der Waals surface area contributed by atoms with Crippen LogP contribution >= 0.6 is 11.3 Å². The van der Waals surface area contributed by atoms with E-state index in [-0.39, 0.29) is 18.2 Å². The van der Waals surface area contributed by atoms with Crippen molar-refractivity contribution in [1.29, 1.82) is 0 Å². The molecule has 0 aliphatic heterocycles. The summed E-state index contributed by atoms with van der Waals surface area (Å²) in [5.41, 5.74) is 0.991. The Morgan fingerprint density at radius 1 is 1.22 bits per heavy atom. The van der Waals surface area contributed by atoms with E-state index in [4.69, 9.17) is 0 Å². The maximum absolute atomic E-state index is 11.8. The van der Waals surface area contributed by atoms with Crippen molar-refractivity contribution in [2.45, 2.75) is 37.8 Å². The third-order valence-electron chi connectivity index (χ3n) is 4.01. The number of hydrogen-bond donors (Lipinski definition) is 4. The van der Waals surface area contributed by atoms with Crippen LogP contribution in [0, 0.1) is 0 Å². The number of para-hydroxylation sites is 1.